The van der Waals surface area contributed by atoms with Crippen LogP contribution in [0, 0.1) is 35.0 Å². The lowest BCUT2D eigenvalue weighted by Gasteiger charge is -2.71. The summed E-state index contributed by atoms with van der Waals surface area (Å²) in [6.45, 7) is 9.35. The van der Waals surface area contributed by atoms with Gasteiger partial charge in [0.25, 0.3) is 0 Å². The van der Waals surface area contributed by atoms with Crippen molar-refractivity contribution in [1.82, 2.24) is 0 Å². The van der Waals surface area contributed by atoms with E-state index in [1.54, 1.807) is 0 Å². The highest BCUT2D eigenvalue weighted by Crippen LogP contribution is 2.71. The maximum atomic E-state index is 10.3. The maximum absolute atomic E-state index is 10.3. The van der Waals surface area contributed by atoms with Gasteiger partial charge in [-0.1, -0.05) is 32.4 Å². The van der Waals surface area contributed by atoms with Gasteiger partial charge >= 0.3 is 0 Å². The zero-order chi connectivity index (χ0) is 11.7. The van der Waals surface area contributed by atoms with Gasteiger partial charge in [-0.2, -0.15) is 0 Å². The molecule has 0 spiro atoms. The summed E-state index contributed by atoms with van der Waals surface area (Å²) in [5.74, 6) is 3.73. The van der Waals surface area contributed by atoms with E-state index in [4.69, 9.17) is 0 Å². The van der Waals surface area contributed by atoms with Gasteiger partial charge in [-0.05, 0) is 54.8 Å². The predicted molar refractivity (Wildman–Crippen MR) is 65.9 cm³/mol. The first-order chi connectivity index (χ1) is 7.47. The average Bonchev–Trinajstić information content (AvgIpc) is 2.15. The first kappa shape index (κ1) is 10.8. The fourth-order valence-corrected chi connectivity index (χ4v) is 5.38. The molecule has 0 heterocycles. The molecule has 0 aromatic rings. The van der Waals surface area contributed by atoms with Crippen molar-refractivity contribution in [2.24, 2.45) is 35.0 Å². The minimum absolute atomic E-state index is 0.165. The summed E-state index contributed by atoms with van der Waals surface area (Å²) in [4.78, 5) is 0. The molecule has 90 valence electrons. The fraction of sp³-hybridized carbons (Fsp3) is 0.867. The van der Waals surface area contributed by atoms with Crippen molar-refractivity contribution >= 4 is 0 Å². The summed E-state index contributed by atoms with van der Waals surface area (Å²) < 4.78 is 0. The molecule has 2 fully saturated rings. The van der Waals surface area contributed by atoms with Gasteiger partial charge in [0.05, 0.1) is 6.10 Å². The van der Waals surface area contributed by atoms with Crippen molar-refractivity contribution in [3.63, 3.8) is 0 Å². The lowest BCUT2D eigenvalue weighted by molar-refractivity contribution is -0.215. The Kier molecular flexibility index (Phi) is 2.12. The molecular weight excluding hydrogens is 196 g/mol. The van der Waals surface area contributed by atoms with Crippen LogP contribution in [0.25, 0.3) is 0 Å². The minimum Gasteiger partial charge on any atom is -0.389 e. The van der Waals surface area contributed by atoms with Crippen LogP contribution in [0.1, 0.15) is 40.5 Å². The molecule has 0 aromatic carbocycles. The summed E-state index contributed by atoms with van der Waals surface area (Å²) in [6.07, 6.45) is 4.66. The molecular formula is C15H24O. The number of aliphatic hydroxyl groups is 1. The highest BCUT2D eigenvalue weighted by molar-refractivity contribution is 5.31. The molecule has 4 aliphatic rings. The largest absolute Gasteiger partial charge is 0.389 e. The van der Waals surface area contributed by atoms with Crippen LogP contribution in [0.2, 0.25) is 0 Å². The monoisotopic (exact) mass is 220 g/mol. The third-order valence-corrected chi connectivity index (χ3v) is 5.93. The van der Waals surface area contributed by atoms with Crippen LogP contribution in [0.5, 0.6) is 0 Å². The van der Waals surface area contributed by atoms with E-state index in [9.17, 15) is 5.11 Å². The first-order valence-electron chi connectivity index (χ1n) is 6.83. The smallest absolute Gasteiger partial charge is 0.0760 e. The molecule has 4 bridgehead atoms. The highest BCUT2D eigenvalue weighted by atomic mass is 16.3. The normalized spacial score (nSPS) is 54.6. The van der Waals surface area contributed by atoms with E-state index in [-0.39, 0.29) is 6.10 Å². The molecule has 4 rings (SSSR count). The van der Waals surface area contributed by atoms with Gasteiger partial charge in [-0.15, -0.1) is 0 Å². The van der Waals surface area contributed by atoms with Crippen molar-refractivity contribution in [2.75, 3.05) is 0 Å². The van der Waals surface area contributed by atoms with Crippen molar-refractivity contribution < 1.29 is 5.11 Å². The van der Waals surface area contributed by atoms with Gasteiger partial charge in [0.15, 0.2) is 0 Å². The Balaban J connectivity index is 1.99. The van der Waals surface area contributed by atoms with Gasteiger partial charge in [0, 0.05) is 0 Å². The Morgan fingerprint density at radius 3 is 2.69 bits per heavy atom. The van der Waals surface area contributed by atoms with Gasteiger partial charge in [-0.3, -0.25) is 0 Å². The lowest BCUT2D eigenvalue weighted by atomic mass is 9.34. The second-order valence-corrected chi connectivity index (χ2v) is 6.93. The van der Waals surface area contributed by atoms with Crippen LogP contribution in [-0.4, -0.2) is 11.2 Å². The number of fused-ring (bicyclic) bond motifs is 1. The molecule has 1 unspecified atom stereocenters. The molecule has 0 aromatic heterocycles. The second kappa shape index (κ2) is 3.13. The van der Waals surface area contributed by atoms with Crippen molar-refractivity contribution in [2.45, 2.75) is 46.6 Å². The SMILES string of the molecule is CC1=CC(O)[C@H]2[C@H]3[C@@H]1[C@]2(C)CC[C@H]3C(C)C. The predicted octanol–water partition coefficient (Wildman–Crippen LogP) is 3.24. The molecule has 0 radical (unpaired) electrons. The Bertz CT molecular complexity index is 343. The Morgan fingerprint density at radius 1 is 1.44 bits per heavy atom. The van der Waals surface area contributed by atoms with Crippen LogP contribution in [-0.2, 0) is 0 Å². The molecule has 0 amide bonds. The molecule has 6 atom stereocenters. The molecule has 1 heteroatoms. The molecule has 0 saturated heterocycles. The Hall–Kier alpha value is -0.300. The third kappa shape index (κ3) is 1.06. The van der Waals surface area contributed by atoms with Crippen LogP contribution in [0.4, 0.5) is 0 Å². The number of aliphatic hydroxyl groups excluding tert-OH is 1. The van der Waals surface area contributed by atoms with Crippen LogP contribution in [0.3, 0.4) is 0 Å². The lowest BCUT2D eigenvalue weighted by Crippen LogP contribution is -2.67. The van der Waals surface area contributed by atoms with E-state index < -0.39 is 0 Å². The van der Waals surface area contributed by atoms with E-state index in [0.29, 0.717) is 11.3 Å². The van der Waals surface area contributed by atoms with Crippen LogP contribution < -0.4 is 0 Å². The number of hydrogen-bond donors (Lipinski definition) is 1. The highest BCUT2D eigenvalue weighted by Gasteiger charge is 2.67. The molecule has 4 aliphatic carbocycles. The number of allylic oxidation sites excluding steroid dienone is 1. The molecule has 2 saturated carbocycles. The van der Waals surface area contributed by atoms with Gasteiger partial charge in [0.2, 0.25) is 0 Å². The number of rotatable bonds is 1. The van der Waals surface area contributed by atoms with Crippen molar-refractivity contribution in [3.05, 3.63) is 11.6 Å². The van der Waals surface area contributed by atoms with Crippen molar-refractivity contribution in [3.8, 4) is 0 Å². The summed E-state index contributed by atoms with van der Waals surface area (Å²) >= 11 is 0. The summed E-state index contributed by atoms with van der Waals surface area (Å²) in [5.41, 5.74) is 1.89. The van der Waals surface area contributed by atoms with Gasteiger partial charge < -0.3 is 5.11 Å². The first-order valence-corrected chi connectivity index (χ1v) is 6.83. The third-order valence-electron chi connectivity index (χ3n) is 5.93. The quantitative estimate of drug-likeness (QED) is 0.673. The summed E-state index contributed by atoms with van der Waals surface area (Å²) in [7, 11) is 0. The molecule has 1 N–H and O–H groups in total. The standard InChI is InChI=1S/C15H24O/c1-8(2)10-5-6-15(4)13-9(3)7-11(16)14(15)12(10)13/h7-8,10-14,16H,5-6H2,1-4H3/t10-,11?,12+,13+,14-,15-/m0/s1. The fourth-order valence-electron chi connectivity index (χ4n) is 5.38. The van der Waals surface area contributed by atoms with Crippen LogP contribution >= 0.6 is 0 Å². The van der Waals surface area contributed by atoms with E-state index in [0.717, 1.165) is 23.7 Å². The number of hydrogen-bond acceptors (Lipinski definition) is 1. The van der Waals surface area contributed by atoms with E-state index in [2.05, 4.69) is 33.8 Å². The van der Waals surface area contributed by atoms with Crippen molar-refractivity contribution in [1.29, 1.82) is 0 Å². The minimum atomic E-state index is -0.165. The zero-order valence-corrected chi connectivity index (χ0v) is 10.9. The maximum Gasteiger partial charge on any atom is 0.0760 e. The van der Waals surface area contributed by atoms with E-state index >= 15 is 0 Å². The zero-order valence-electron chi connectivity index (χ0n) is 10.9. The van der Waals surface area contributed by atoms with Gasteiger partial charge in [0.1, 0.15) is 0 Å². The van der Waals surface area contributed by atoms with Crippen LogP contribution in [0.15, 0.2) is 11.6 Å². The Labute approximate surface area is 98.9 Å². The summed E-state index contributed by atoms with van der Waals surface area (Å²) in [5, 5.41) is 10.3. The second-order valence-electron chi connectivity index (χ2n) is 6.93. The molecule has 16 heavy (non-hydrogen) atoms. The van der Waals surface area contributed by atoms with E-state index in [1.165, 1.54) is 18.4 Å². The average molecular weight is 220 g/mol. The molecule has 1 nitrogen and oxygen atoms in total. The summed E-state index contributed by atoms with van der Waals surface area (Å²) in [6, 6.07) is 0. The molecule has 0 aliphatic heterocycles. The van der Waals surface area contributed by atoms with Gasteiger partial charge in [-0.25, -0.2) is 0 Å². The Morgan fingerprint density at radius 2 is 2.12 bits per heavy atom. The topological polar surface area (TPSA) is 20.2 Å². The van der Waals surface area contributed by atoms with E-state index in [1.807, 2.05) is 0 Å².